The minimum absolute atomic E-state index is 0.855. The second kappa shape index (κ2) is 7.18. The van der Waals surface area contributed by atoms with Crippen molar-refractivity contribution in [3.8, 4) is 0 Å². The summed E-state index contributed by atoms with van der Waals surface area (Å²) in [4.78, 5) is 0. The van der Waals surface area contributed by atoms with Crippen LogP contribution in [0.5, 0.6) is 0 Å². The van der Waals surface area contributed by atoms with Gasteiger partial charge in [0.15, 0.2) is 0 Å². The summed E-state index contributed by atoms with van der Waals surface area (Å²) < 4.78 is 0. The monoisotopic (exact) mass is 353 g/mol. The van der Waals surface area contributed by atoms with E-state index < -0.39 is 0 Å². The first kappa shape index (κ1) is 14.7. The van der Waals surface area contributed by atoms with Crippen LogP contribution in [0.4, 0.5) is 17.1 Å². The van der Waals surface area contributed by atoms with Crippen molar-refractivity contribution in [1.82, 2.24) is 0 Å². The Morgan fingerprint density at radius 3 is 2.27 bits per heavy atom. The number of nitrogens with one attached hydrogen (secondary N) is 1. The molecule has 1 N–H and O–H groups in total. The first-order valence-electron chi connectivity index (χ1n) is 7.17. The second-order valence-corrected chi connectivity index (χ2v) is 5.62. The molecule has 0 fully saturated rings. The zero-order valence-corrected chi connectivity index (χ0v) is 13.6. The molecular weight excluding hydrogens is 338 g/mol. The zero-order chi connectivity index (χ0) is 15.2. The Balaban J connectivity index is 1.99. The van der Waals surface area contributed by atoms with E-state index >= 15 is 0 Å². The molecule has 0 amide bonds. The molecular formula is C18H16BrN3. The van der Waals surface area contributed by atoms with Gasteiger partial charge in [0.25, 0.3) is 0 Å². The summed E-state index contributed by atoms with van der Waals surface area (Å²) >= 11 is 3.44. The maximum absolute atomic E-state index is 4.41. The first-order valence-corrected chi connectivity index (χ1v) is 8.29. The minimum atomic E-state index is 0.855. The summed E-state index contributed by atoms with van der Waals surface area (Å²) in [6, 6.07) is 22.1. The molecule has 0 aromatic heterocycles. The number of alkyl halides is 1. The van der Waals surface area contributed by atoms with Crippen LogP contribution in [0.25, 0.3) is 10.8 Å². The summed E-state index contributed by atoms with van der Waals surface area (Å²) in [5.74, 6) is 0. The molecule has 0 spiro atoms. The van der Waals surface area contributed by atoms with Crippen molar-refractivity contribution in [3.05, 3.63) is 66.7 Å². The molecule has 3 aromatic rings. The van der Waals surface area contributed by atoms with E-state index in [0.717, 1.165) is 39.7 Å². The number of anilines is 1. The Hall–Kier alpha value is -2.20. The summed E-state index contributed by atoms with van der Waals surface area (Å²) in [7, 11) is 0. The van der Waals surface area contributed by atoms with Gasteiger partial charge in [-0.15, -0.1) is 5.11 Å². The molecule has 4 heteroatoms. The van der Waals surface area contributed by atoms with Gasteiger partial charge < -0.3 is 5.32 Å². The first-order chi connectivity index (χ1) is 10.9. The average Bonchev–Trinajstić information content (AvgIpc) is 2.59. The van der Waals surface area contributed by atoms with Gasteiger partial charge in [-0.25, -0.2) is 0 Å². The van der Waals surface area contributed by atoms with E-state index in [4.69, 9.17) is 0 Å². The molecule has 0 aliphatic heterocycles. The van der Waals surface area contributed by atoms with Gasteiger partial charge in [-0.2, -0.15) is 5.11 Å². The summed E-state index contributed by atoms with van der Waals surface area (Å²) in [5.41, 5.74) is 2.85. The lowest BCUT2D eigenvalue weighted by atomic mass is 10.1. The highest BCUT2D eigenvalue weighted by Gasteiger charge is 2.04. The van der Waals surface area contributed by atoms with Gasteiger partial charge in [0, 0.05) is 28.3 Å². The molecule has 22 heavy (non-hydrogen) atoms. The van der Waals surface area contributed by atoms with Crippen LogP contribution in [0, 0.1) is 0 Å². The molecule has 0 bridgehead atoms. The molecule has 0 aliphatic rings. The number of azo groups is 1. The van der Waals surface area contributed by atoms with Crippen LogP contribution in [-0.4, -0.2) is 11.9 Å². The van der Waals surface area contributed by atoms with Crippen molar-refractivity contribution in [3.63, 3.8) is 0 Å². The molecule has 3 nitrogen and oxygen atoms in total. The Kier molecular flexibility index (Phi) is 4.81. The fourth-order valence-corrected chi connectivity index (χ4v) is 2.51. The van der Waals surface area contributed by atoms with Gasteiger partial charge in [-0.3, -0.25) is 0 Å². The maximum Gasteiger partial charge on any atom is 0.0936 e. The fourth-order valence-electron chi connectivity index (χ4n) is 2.31. The van der Waals surface area contributed by atoms with E-state index in [0.29, 0.717) is 0 Å². The second-order valence-electron chi connectivity index (χ2n) is 4.83. The smallest absolute Gasteiger partial charge is 0.0936 e. The van der Waals surface area contributed by atoms with Crippen LogP contribution in [0.2, 0.25) is 0 Å². The minimum Gasteiger partial charge on any atom is -0.384 e. The number of nitrogens with zero attached hydrogens (tertiary/aromatic N) is 2. The Morgan fingerprint density at radius 1 is 0.773 bits per heavy atom. The molecule has 110 valence electrons. The highest BCUT2D eigenvalue weighted by Crippen LogP contribution is 2.32. The van der Waals surface area contributed by atoms with E-state index in [-0.39, 0.29) is 0 Å². The highest BCUT2D eigenvalue weighted by molar-refractivity contribution is 9.09. The number of fused-ring (bicyclic) bond motifs is 1. The van der Waals surface area contributed by atoms with Crippen molar-refractivity contribution in [2.75, 3.05) is 17.2 Å². The van der Waals surface area contributed by atoms with Crippen LogP contribution in [-0.2, 0) is 0 Å². The number of halogens is 1. The number of hydrogen-bond donors (Lipinski definition) is 1. The molecule has 0 unspecified atom stereocenters. The normalized spacial score (nSPS) is 11.1. The lowest BCUT2D eigenvalue weighted by Crippen LogP contribution is -2.02. The topological polar surface area (TPSA) is 36.8 Å². The molecule has 0 saturated carbocycles. The van der Waals surface area contributed by atoms with Crippen LogP contribution in [0.15, 0.2) is 77.0 Å². The van der Waals surface area contributed by atoms with Gasteiger partial charge in [-0.05, 0) is 24.3 Å². The van der Waals surface area contributed by atoms with Crippen LogP contribution in [0.3, 0.4) is 0 Å². The van der Waals surface area contributed by atoms with Gasteiger partial charge in [0.2, 0.25) is 0 Å². The van der Waals surface area contributed by atoms with Crippen LogP contribution < -0.4 is 5.32 Å². The standard InChI is InChI=1S/C18H16BrN3/c19-12-13-20-17-10-11-18(16-9-5-4-8-15(16)17)22-21-14-6-2-1-3-7-14/h1-11,20H,12-13H2. The van der Waals surface area contributed by atoms with Gasteiger partial charge in [-0.1, -0.05) is 58.4 Å². The third-order valence-corrected chi connectivity index (χ3v) is 3.74. The quantitative estimate of drug-likeness (QED) is 0.439. The Bertz CT molecular complexity index is 785. The highest BCUT2D eigenvalue weighted by atomic mass is 79.9. The molecule has 0 atom stereocenters. The van der Waals surface area contributed by atoms with Crippen molar-refractivity contribution in [1.29, 1.82) is 0 Å². The third-order valence-electron chi connectivity index (χ3n) is 3.34. The van der Waals surface area contributed by atoms with Gasteiger partial charge in [0.1, 0.15) is 0 Å². The van der Waals surface area contributed by atoms with E-state index in [1.165, 1.54) is 0 Å². The van der Waals surface area contributed by atoms with E-state index in [2.05, 4.69) is 49.7 Å². The fraction of sp³-hybridized carbons (Fsp3) is 0.111. The lowest BCUT2D eigenvalue weighted by Gasteiger charge is -2.10. The van der Waals surface area contributed by atoms with Gasteiger partial charge >= 0.3 is 0 Å². The predicted molar refractivity (Wildman–Crippen MR) is 96.8 cm³/mol. The zero-order valence-electron chi connectivity index (χ0n) is 12.0. The molecule has 3 aromatic carbocycles. The largest absolute Gasteiger partial charge is 0.384 e. The predicted octanol–water partition coefficient (Wildman–Crippen LogP) is 6.06. The summed E-state index contributed by atoms with van der Waals surface area (Å²) in [5, 5.41) is 15.3. The van der Waals surface area contributed by atoms with E-state index in [1.54, 1.807) is 0 Å². The lowest BCUT2D eigenvalue weighted by molar-refractivity contribution is 1.23. The molecule has 0 saturated heterocycles. The molecule has 3 rings (SSSR count). The van der Waals surface area contributed by atoms with Crippen molar-refractivity contribution >= 4 is 43.8 Å². The van der Waals surface area contributed by atoms with E-state index in [1.807, 2.05) is 48.5 Å². The Labute approximate surface area is 138 Å². The van der Waals surface area contributed by atoms with Gasteiger partial charge in [0.05, 0.1) is 11.4 Å². The summed E-state index contributed by atoms with van der Waals surface area (Å²) in [6.07, 6.45) is 0. The van der Waals surface area contributed by atoms with Crippen LogP contribution in [0.1, 0.15) is 0 Å². The third kappa shape index (κ3) is 3.34. The number of hydrogen-bond acceptors (Lipinski definition) is 3. The summed E-state index contributed by atoms with van der Waals surface area (Å²) in [6.45, 7) is 0.884. The van der Waals surface area contributed by atoms with Crippen molar-refractivity contribution < 1.29 is 0 Å². The maximum atomic E-state index is 4.41. The average molecular weight is 354 g/mol. The van der Waals surface area contributed by atoms with Crippen molar-refractivity contribution in [2.24, 2.45) is 10.2 Å². The molecule has 0 aliphatic carbocycles. The number of rotatable bonds is 5. The van der Waals surface area contributed by atoms with Crippen molar-refractivity contribution in [2.45, 2.75) is 0 Å². The van der Waals surface area contributed by atoms with Crippen LogP contribution >= 0.6 is 15.9 Å². The SMILES string of the molecule is BrCCNc1ccc(N=Nc2ccccc2)c2ccccc12. The Morgan fingerprint density at radius 2 is 1.50 bits per heavy atom. The molecule has 0 heterocycles. The number of benzene rings is 3. The molecule has 0 radical (unpaired) electrons. The van der Waals surface area contributed by atoms with E-state index in [9.17, 15) is 0 Å².